The van der Waals surface area contributed by atoms with Crippen LogP contribution in [0.5, 0.6) is 11.8 Å². The minimum Gasteiger partial charge on any atom is -0.475 e. The molecule has 59 heavy (non-hydrogen) atoms. The highest BCUT2D eigenvalue weighted by atomic mass is 32.2. The van der Waals surface area contributed by atoms with Gasteiger partial charge in [-0.2, -0.15) is 4.98 Å². The van der Waals surface area contributed by atoms with Gasteiger partial charge in [-0.3, -0.25) is 19.1 Å². The lowest BCUT2D eigenvalue weighted by Crippen LogP contribution is -2.59. The summed E-state index contributed by atoms with van der Waals surface area (Å²) in [7, 11) is -4.06. The molecule has 2 aliphatic heterocycles. The van der Waals surface area contributed by atoms with Crippen LogP contribution in [0.2, 0.25) is 0 Å². The summed E-state index contributed by atoms with van der Waals surface area (Å²) in [5.41, 5.74) is -3.83. The first-order chi connectivity index (χ1) is 27.4. The first kappa shape index (κ1) is 44.0. The molecule has 17 heteroatoms. The van der Waals surface area contributed by atoms with Crippen LogP contribution in [0.15, 0.2) is 42.5 Å². The maximum Gasteiger partial charge on any atom is 0.408 e. The molecule has 0 radical (unpaired) electrons. The third-order valence-electron chi connectivity index (χ3n) is 12.2. The molecule has 4 amide bonds. The zero-order chi connectivity index (χ0) is 43.3. The second-order valence-electron chi connectivity index (χ2n) is 18.0. The average molecular weight is 846 g/mol. The number of pyridine rings is 1. The number of ether oxygens (including phenoxy) is 3. The predicted octanol–water partition coefficient (Wildman–Crippen LogP) is 5.78. The lowest BCUT2D eigenvalue weighted by molar-refractivity contribution is -0.152. The quantitative estimate of drug-likeness (QED) is 0.248. The van der Waals surface area contributed by atoms with Crippen molar-refractivity contribution in [3.63, 3.8) is 0 Å². The molecule has 3 heterocycles. The molecule has 4 aliphatic rings. The van der Waals surface area contributed by atoms with Crippen molar-refractivity contribution in [3.8, 4) is 11.8 Å². The highest BCUT2D eigenvalue weighted by molar-refractivity contribution is 7.91. The molecule has 2 aromatic rings. The van der Waals surface area contributed by atoms with Gasteiger partial charge in [0, 0.05) is 30.7 Å². The van der Waals surface area contributed by atoms with Crippen LogP contribution in [0.25, 0.3) is 10.8 Å². The summed E-state index contributed by atoms with van der Waals surface area (Å²) in [4.78, 5) is 62.7. The van der Waals surface area contributed by atoms with Gasteiger partial charge in [0.1, 0.15) is 23.7 Å². The molecular weight excluding hydrogens is 789 g/mol. The van der Waals surface area contributed by atoms with Crippen LogP contribution >= 0.6 is 0 Å². The van der Waals surface area contributed by atoms with E-state index in [1.807, 2.05) is 57.2 Å². The Kier molecular flexibility index (Phi) is 12.0. The summed E-state index contributed by atoms with van der Waals surface area (Å²) < 4.78 is 74.1. The monoisotopic (exact) mass is 845 g/mol. The number of rotatable bonds is 10. The number of aromatic nitrogens is 1. The highest BCUT2D eigenvalue weighted by Crippen LogP contribution is 2.48. The predicted molar refractivity (Wildman–Crippen MR) is 215 cm³/mol. The standard InChI is InChI=1S/C42H57F2N5O9S/c1-24(2)56-32-20-27-14-10-12-16-30(27)35(45-32)57-29-21-31-34(50)47-42(37(52)48-59(54,55)40(7)17-18-40)22-28(42)15-11-9-13-25(3)19-26(4)33(36(51)49(31)23-29)46-38(53)58-39(5,6)41(8,43)44/h10-12,14-16,20,24-26,28-29,31,33H,9,13,17-19,21-23H2,1-8H3,(H,46,53)(H,47,50)(H,48,52). The summed E-state index contributed by atoms with van der Waals surface area (Å²) in [6.45, 7) is 11.6. The molecule has 2 saturated carbocycles. The average Bonchev–Trinajstić information content (AvgIpc) is 4.01. The van der Waals surface area contributed by atoms with E-state index in [-0.39, 0.29) is 37.3 Å². The molecule has 324 valence electrons. The summed E-state index contributed by atoms with van der Waals surface area (Å²) in [5.74, 6) is -6.25. The number of carbonyl (C=O) groups is 4. The highest BCUT2D eigenvalue weighted by Gasteiger charge is 2.63. The molecule has 1 aromatic carbocycles. The molecule has 1 saturated heterocycles. The Hall–Kier alpha value is -4.54. The first-order valence-electron chi connectivity index (χ1n) is 20.4. The van der Waals surface area contributed by atoms with Crippen molar-refractivity contribution in [3.05, 3.63) is 42.5 Å². The number of hydrogen-bond acceptors (Lipinski definition) is 10. The maximum atomic E-state index is 14.9. The number of amides is 4. The number of halogens is 2. The van der Waals surface area contributed by atoms with Crippen LogP contribution < -0.4 is 24.8 Å². The molecule has 7 unspecified atom stereocenters. The zero-order valence-electron chi connectivity index (χ0n) is 35.0. The van der Waals surface area contributed by atoms with Crippen molar-refractivity contribution in [2.24, 2.45) is 17.8 Å². The molecule has 3 N–H and O–H groups in total. The van der Waals surface area contributed by atoms with Crippen LogP contribution in [-0.4, -0.2) is 94.8 Å². The lowest BCUT2D eigenvalue weighted by atomic mass is 9.88. The molecule has 1 aromatic heterocycles. The summed E-state index contributed by atoms with van der Waals surface area (Å²) in [5, 5.41) is 6.83. The fourth-order valence-electron chi connectivity index (χ4n) is 7.77. The Morgan fingerprint density at radius 3 is 2.44 bits per heavy atom. The Balaban J connectivity index is 1.37. The summed E-state index contributed by atoms with van der Waals surface area (Å²) in [6.07, 6.45) is 3.97. The van der Waals surface area contributed by atoms with Crippen LogP contribution in [0.1, 0.15) is 100 Å². The molecule has 7 atom stereocenters. The van der Waals surface area contributed by atoms with Gasteiger partial charge in [0.05, 0.1) is 17.4 Å². The molecular formula is C42H57F2N5O9S. The number of nitrogens with zero attached hydrogens (tertiary/aromatic N) is 2. The normalized spacial score (nSPS) is 28.7. The molecule has 0 spiro atoms. The Morgan fingerprint density at radius 2 is 1.78 bits per heavy atom. The van der Waals surface area contributed by atoms with Gasteiger partial charge < -0.3 is 29.7 Å². The van der Waals surface area contributed by atoms with Crippen molar-refractivity contribution in [2.75, 3.05) is 6.54 Å². The van der Waals surface area contributed by atoms with E-state index in [1.54, 1.807) is 19.9 Å². The van der Waals surface area contributed by atoms with Crippen LogP contribution in [0.3, 0.4) is 0 Å². The Labute approximate surface area is 344 Å². The number of sulfonamides is 1. The number of fused-ring (bicyclic) bond motifs is 3. The van der Waals surface area contributed by atoms with E-state index in [1.165, 1.54) is 4.90 Å². The SMILES string of the molecule is CC1CCC=CC2CC2(C(=O)NS(=O)(=O)C2(C)CC2)NC(=O)C2CC(Oc3nc(OC(C)C)cc4ccccc34)CN2C(=O)C(NC(=O)OC(C)(C)C(C)(F)F)C(C)C1. The van der Waals surface area contributed by atoms with E-state index < -0.39 is 85.7 Å². The number of hydrogen-bond donors (Lipinski definition) is 3. The van der Waals surface area contributed by atoms with E-state index in [2.05, 4.69) is 20.3 Å². The fraction of sp³-hybridized carbons (Fsp3) is 0.643. The van der Waals surface area contributed by atoms with E-state index in [0.29, 0.717) is 50.3 Å². The number of benzene rings is 1. The minimum atomic E-state index is -4.06. The summed E-state index contributed by atoms with van der Waals surface area (Å²) in [6, 6.07) is 6.54. The van der Waals surface area contributed by atoms with Crippen molar-refractivity contribution < 1.29 is 50.6 Å². The molecule has 3 fully saturated rings. The van der Waals surface area contributed by atoms with Crippen molar-refractivity contribution in [2.45, 2.75) is 146 Å². The largest absolute Gasteiger partial charge is 0.475 e. The lowest BCUT2D eigenvalue weighted by Gasteiger charge is -2.35. The fourth-order valence-corrected chi connectivity index (χ4v) is 9.08. The first-order valence-corrected chi connectivity index (χ1v) is 21.9. The molecule has 6 rings (SSSR count). The van der Waals surface area contributed by atoms with Gasteiger partial charge in [0.15, 0.2) is 5.60 Å². The smallest absolute Gasteiger partial charge is 0.408 e. The number of alkyl carbamates (subject to hydrolysis) is 1. The van der Waals surface area contributed by atoms with E-state index in [0.717, 1.165) is 19.2 Å². The van der Waals surface area contributed by atoms with Gasteiger partial charge in [-0.25, -0.2) is 22.0 Å². The zero-order valence-corrected chi connectivity index (χ0v) is 35.8. The van der Waals surface area contributed by atoms with Crippen LogP contribution in [0, 0.1) is 17.8 Å². The van der Waals surface area contributed by atoms with Gasteiger partial charge in [0.25, 0.3) is 11.8 Å². The molecule has 2 aliphatic carbocycles. The molecule has 0 bridgehead atoms. The van der Waals surface area contributed by atoms with E-state index in [9.17, 15) is 36.4 Å². The van der Waals surface area contributed by atoms with Gasteiger partial charge in [-0.15, -0.1) is 0 Å². The second-order valence-corrected chi connectivity index (χ2v) is 20.2. The summed E-state index contributed by atoms with van der Waals surface area (Å²) >= 11 is 0. The van der Waals surface area contributed by atoms with Gasteiger partial charge in [0.2, 0.25) is 33.6 Å². The van der Waals surface area contributed by atoms with E-state index in [4.69, 9.17) is 14.2 Å². The van der Waals surface area contributed by atoms with Crippen molar-refractivity contribution >= 4 is 44.6 Å². The minimum absolute atomic E-state index is 0.0194. The molecule has 14 nitrogen and oxygen atoms in total. The van der Waals surface area contributed by atoms with Gasteiger partial charge >= 0.3 is 6.09 Å². The van der Waals surface area contributed by atoms with Crippen molar-refractivity contribution in [1.29, 1.82) is 0 Å². The Bertz CT molecular complexity index is 2100. The number of carbonyl (C=O) groups excluding carboxylic acids is 4. The topological polar surface area (TPSA) is 182 Å². The number of alkyl halides is 2. The van der Waals surface area contributed by atoms with Gasteiger partial charge in [-0.05, 0) is 96.4 Å². The third-order valence-corrected chi connectivity index (χ3v) is 14.4. The van der Waals surface area contributed by atoms with Crippen LogP contribution in [-0.2, 0) is 29.1 Å². The number of allylic oxidation sites excluding steroid dienone is 1. The third kappa shape index (κ3) is 9.44. The van der Waals surface area contributed by atoms with Gasteiger partial charge in [-0.1, -0.05) is 44.2 Å². The Morgan fingerprint density at radius 1 is 1.08 bits per heavy atom. The van der Waals surface area contributed by atoms with Crippen molar-refractivity contribution in [1.82, 2.24) is 25.2 Å². The van der Waals surface area contributed by atoms with Crippen LogP contribution in [0.4, 0.5) is 13.6 Å². The number of nitrogens with one attached hydrogen (secondary N) is 3. The maximum absolute atomic E-state index is 14.9. The van der Waals surface area contributed by atoms with E-state index >= 15 is 0 Å². The second kappa shape index (κ2) is 16.1.